The van der Waals surface area contributed by atoms with Gasteiger partial charge in [0.25, 0.3) is 5.91 Å². The molecule has 0 atom stereocenters. The Morgan fingerprint density at radius 1 is 1.13 bits per heavy atom. The van der Waals surface area contributed by atoms with Crippen molar-refractivity contribution >= 4 is 33.7 Å². The second-order valence-electron chi connectivity index (χ2n) is 6.85. The summed E-state index contributed by atoms with van der Waals surface area (Å²) < 4.78 is 13.8. The van der Waals surface area contributed by atoms with Crippen LogP contribution in [-0.4, -0.2) is 30.0 Å². The monoisotopic (exact) mass is 468 g/mol. The van der Waals surface area contributed by atoms with E-state index in [9.17, 15) is 4.79 Å². The first-order valence-corrected chi connectivity index (χ1v) is 10.2. The van der Waals surface area contributed by atoms with E-state index < -0.39 is 0 Å². The number of hydrogen-bond acceptors (Lipinski definition) is 5. The SMILES string of the molecule is Cc1cc(/C=N\NC(=O)CNc2ccc3c(c2)OCO3)c(C)n1-c1ccc(Br)cc1. The molecular weight excluding hydrogens is 448 g/mol. The smallest absolute Gasteiger partial charge is 0.259 e. The van der Waals surface area contributed by atoms with E-state index in [2.05, 4.69) is 48.5 Å². The van der Waals surface area contributed by atoms with Crippen LogP contribution in [0.15, 0.2) is 58.1 Å². The molecule has 0 bridgehead atoms. The van der Waals surface area contributed by atoms with Crippen molar-refractivity contribution in [3.05, 3.63) is 70.0 Å². The Morgan fingerprint density at radius 3 is 2.70 bits per heavy atom. The van der Waals surface area contributed by atoms with Gasteiger partial charge >= 0.3 is 0 Å². The zero-order chi connectivity index (χ0) is 21.1. The molecule has 0 radical (unpaired) electrons. The molecular formula is C22H21BrN4O3. The molecule has 2 N–H and O–H groups in total. The van der Waals surface area contributed by atoms with Crippen LogP contribution < -0.4 is 20.2 Å². The van der Waals surface area contributed by atoms with Crippen LogP contribution in [0.3, 0.4) is 0 Å². The summed E-state index contributed by atoms with van der Waals surface area (Å²) in [6, 6.07) is 15.6. The van der Waals surface area contributed by atoms with Gasteiger partial charge in [-0.3, -0.25) is 4.79 Å². The van der Waals surface area contributed by atoms with Crippen LogP contribution >= 0.6 is 15.9 Å². The summed E-state index contributed by atoms with van der Waals surface area (Å²) in [5.41, 5.74) is 7.48. The number of carbonyl (C=O) groups excluding carboxylic acids is 1. The van der Waals surface area contributed by atoms with Crippen LogP contribution in [-0.2, 0) is 4.79 Å². The van der Waals surface area contributed by atoms with Crippen LogP contribution in [0, 0.1) is 13.8 Å². The molecule has 3 aromatic rings. The van der Waals surface area contributed by atoms with E-state index in [-0.39, 0.29) is 19.2 Å². The third kappa shape index (κ3) is 4.33. The Labute approximate surface area is 182 Å². The third-order valence-corrected chi connectivity index (χ3v) is 5.30. The third-order valence-electron chi connectivity index (χ3n) is 4.77. The molecule has 0 aliphatic carbocycles. The normalized spacial score (nSPS) is 12.4. The lowest BCUT2D eigenvalue weighted by Gasteiger charge is -2.09. The van der Waals surface area contributed by atoms with Crippen molar-refractivity contribution in [2.45, 2.75) is 13.8 Å². The first kappa shape index (κ1) is 20.0. The fraction of sp³-hybridized carbons (Fsp3) is 0.182. The first-order valence-electron chi connectivity index (χ1n) is 9.41. The minimum atomic E-state index is -0.245. The lowest BCUT2D eigenvalue weighted by molar-refractivity contribution is -0.119. The van der Waals surface area contributed by atoms with Crippen LogP contribution in [0.1, 0.15) is 17.0 Å². The summed E-state index contributed by atoms with van der Waals surface area (Å²) >= 11 is 3.46. The van der Waals surface area contributed by atoms with Gasteiger partial charge in [0.1, 0.15) is 0 Å². The summed E-state index contributed by atoms with van der Waals surface area (Å²) in [5.74, 6) is 1.13. The largest absolute Gasteiger partial charge is 0.454 e. The number of ether oxygens (including phenoxy) is 2. The Bertz CT molecular complexity index is 1110. The molecule has 0 spiro atoms. The maximum absolute atomic E-state index is 12.1. The highest BCUT2D eigenvalue weighted by Gasteiger charge is 2.13. The van der Waals surface area contributed by atoms with E-state index in [1.165, 1.54) is 0 Å². The van der Waals surface area contributed by atoms with Gasteiger partial charge in [0.05, 0.1) is 12.8 Å². The number of carbonyl (C=O) groups is 1. The fourth-order valence-corrected chi connectivity index (χ4v) is 3.57. The molecule has 1 aromatic heterocycles. The van der Waals surface area contributed by atoms with Crippen molar-refractivity contribution in [2.75, 3.05) is 18.7 Å². The predicted molar refractivity (Wildman–Crippen MR) is 120 cm³/mol. The Hall–Kier alpha value is -3.26. The number of amides is 1. The van der Waals surface area contributed by atoms with E-state index in [4.69, 9.17) is 9.47 Å². The number of halogens is 1. The van der Waals surface area contributed by atoms with Gasteiger partial charge in [0.2, 0.25) is 6.79 Å². The topological polar surface area (TPSA) is 76.9 Å². The van der Waals surface area contributed by atoms with E-state index >= 15 is 0 Å². The van der Waals surface area contributed by atoms with E-state index in [1.807, 2.05) is 44.2 Å². The van der Waals surface area contributed by atoms with Crippen molar-refractivity contribution in [1.29, 1.82) is 0 Å². The Balaban J connectivity index is 1.35. The maximum Gasteiger partial charge on any atom is 0.259 e. The molecule has 0 fully saturated rings. The van der Waals surface area contributed by atoms with Crippen molar-refractivity contribution in [1.82, 2.24) is 9.99 Å². The quantitative estimate of drug-likeness (QED) is 0.420. The Morgan fingerprint density at radius 2 is 1.90 bits per heavy atom. The number of fused-ring (bicyclic) bond motifs is 1. The molecule has 4 rings (SSSR count). The van der Waals surface area contributed by atoms with Gasteiger partial charge in [0.15, 0.2) is 11.5 Å². The van der Waals surface area contributed by atoms with Gasteiger partial charge in [-0.05, 0) is 56.3 Å². The molecule has 2 heterocycles. The maximum atomic E-state index is 12.1. The van der Waals surface area contributed by atoms with Crippen molar-refractivity contribution in [3.8, 4) is 17.2 Å². The van der Waals surface area contributed by atoms with Crippen molar-refractivity contribution in [3.63, 3.8) is 0 Å². The van der Waals surface area contributed by atoms with Crippen LogP contribution in [0.25, 0.3) is 5.69 Å². The lowest BCUT2D eigenvalue weighted by atomic mass is 10.2. The minimum absolute atomic E-state index is 0.0922. The number of nitrogens with zero attached hydrogens (tertiary/aromatic N) is 2. The zero-order valence-electron chi connectivity index (χ0n) is 16.6. The van der Waals surface area contributed by atoms with Gasteiger partial charge in [0, 0.05) is 38.9 Å². The molecule has 154 valence electrons. The Kier molecular flexibility index (Phi) is 5.76. The summed E-state index contributed by atoms with van der Waals surface area (Å²) in [7, 11) is 0. The summed E-state index contributed by atoms with van der Waals surface area (Å²) in [5, 5.41) is 7.15. The van der Waals surface area contributed by atoms with E-state index in [0.717, 1.165) is 32.8 Å². The highest BCUT2D eigenvalue weighted by molar-refractivity contribution is 9.10. The summed E-state index contributed by atoms with van der Waals surface area (Å²) in [4.78, 5) is 12.1. The number of nitrogens with one attached hydrogen (secondary N) is 2. The standard InChI is InChI=1S/C22H21BrN4O3/c1-14-9-16(15(2)27(14)19-6-3-17(23)4-7-19)11-25-26-22(28)12-24-18-5-8-20-21(10-18)30-13-29-20/h3-11,24H,12-13H2,1-2H3,(H,26,28)/b25-11-. The van der Waals surface area contributed by atoms with E-state index in [1.54, 1.807) is 12.3 Å². The molecule has 1 amide bonds. The number of hydrogen-bond donors (Lipinski definition) is 2. The number of aryl methyl sites for hydroxylation is 1. The summed E-state index contributed by atoms with van der Waals surface area (Å²) in [6.45, 7) is 4.38. The molecule has 30 heavy (non-hydrogen) atoms. The van der Waals surface area contributed by atoms with Gasteiger partial charge in [-0.1, -0.05) is 15.9 Å². The van der Waals surface area contributed by atoms with E-state index in [0.29, 0.717) is 11.5 Å². The number of benzene rings is 2. The second-order valence-corrected chi connectivity index (χ2v) is 7.77. The molecule has 1 aliphatic heterocycles. The van der Waals surface area contributed by atoms with Gasteiger partial charge in [-0.25, -0.2) is 5.43 Å². The average Bonchev–Trinajstić information content (AvgIpc) is 3.31. The molecule has 0 saturated heterocycles. The lowest BCUT2D eigenvalue weighted by Crippen LogP contribution is -2.25. The predicted octanol–water partition coefficient (Wildman–Crippen LogP) is 4.15. The molecule has 2 aromatic carbocycles. The highest BCUT2D eigenvalue weighted by Crippen LogP contribution is 2.34. The number of aromatic nitrogens is 1. The van der Waals surface area contributed by atoms with Crippen molar-refractivity contribution < 1.29 is 14.3 Å². The van der Waals surface area contributed by atoms with Crippen molar-refractivity contribution in [2.24, 2.45) is 5.10 Å². The number of anilines is 1. The highest BCUT2D eigenvalue weighted by atomic mass is 79.9. The molecule has 0 saturated carbocycles. The van der Waals surface area contributed by atoms with Crippen LogP contribution in [0.5, 0.6) is 11.5 Å². The molecule has 0 unspecified atom stereocenters. The average molecular weight is 469 g/mol. The van der Waals surface area contributed by atoms with Gasteiger partial charge in [-0.2, -0.15) is 5.10 Å². The zero-order valence-corrected chi connectivity index (χ0v) is 18.2. The molecule has 7 nitrogen and oxygen atoms in total. The molecule has 1 aliphatic rings. The van der Waals surface area contributed by atoms with Crippen LogP contribution in [0.4, 0.5) is 5.69 Å². The molecule has 8 heteroatoms. The first-order chi connectivity index (χ1) is 14.5. The minimum Gasteiger partial charge on any atom is -0.454 e. The van der Waals surface area contributed by atoms with Crippen LogP contribution in [0.2, 0.25) is 0 Å². The number of rotatable bonds is 6. The van der Waals surface area contributed by atoms with Gasteiger partial charge in [-0.15, -0.1) is 0 Å². The number of hydrazone groups is 1. The second kappa shape index (κ2) is 8.62. The summed E-state index contributed by atoms with van der Waals surface area (Å²) in [6.07, 6.45) is 1.66. The fourth-order valence-electron chi connectivity index (χ4n) is 3.31. The van der Waals surface area contributed by atoms with Gasteiger partial charge < -0.3 is 19.4 Å².